The number of hydrogen-bond donors (Lipinski definition) is 1. The van der Waals surface area contributed by atoms with Gasteiger partial charge in [0.15, 0.2) is 5.78 Å². The molecule has 1 unspecified atom stereocenters. The van der Waals surface area contributed by atoms with Gasteiger partial charge in [-0.1, -0.05) is 34.1 Å². The van der Waals surface area contributed by atoms with Crippen LogP contribution < -0.4 is 5.73 Å². The standard InChI is InChI=1S/C11H15BrN2O/c1-14(2)7-10(13)11(15)8-5-3-4-6-9(8)12/h3-6,10H,7,13H2,1-2H3. The summed E-state index contributed by atoms with van der Waals surface area (Å²) in [5.74, 6) is -0.0313. The number of benzene rings is 1. The van der Waals surface area contributed by atoms with Crippen LogP contribution >= 0.6 is 15.9 Å². The topological polar surface area (TPSA) is 46.3 Å². The Bertz CT molecular complexity index is 352. The normalized spacial score (nSPS) is 12.9. The van der Waals surface area contributed by atoms with Crippen LogP contribution in [0.1, 0.15) is 10.4 Å². The second kappa shape index (κ2) is 5.39. The van der Waals surface area contributed by atoms with E-state index in [0.717, 1.165) is 4.47 Å². The highest BCUT2D eigenvalue weighted by Gasteiger charge is 2.18. The first kappa shape index (κ1) is 12.4. The van der Waals surface area contributed by atoms with Crippen LogP contribution in [0.5, 0.6) is 0 Å². The Morgan fingerprint density at radius 3 is 2.60 bits per heavy atom. The van der Waals surface area contributed by atoms with Gasteiger partial charge in [0, 0.05) is 16.6 Å². The van der Waals surface area contributed by atoms with Crippen LogP contribution in [-0.2, 0) is 0 Å². The quantitative estimate of drug-likeness (QED) is 0.844. The summed E-state index contributed by atoms with van der Waals surface area (Å²) in [5, 5.41) is 0. The van der Waals surface area contributed by atoms with Crippen LogP contribution in [0, 0.1) is 0 Å². The Morgan fingerprint density at radius 1 is 1.47 bits per heavy atom. The van der Waals surface area contributed by atoms with E-state index in [1.54, 1.807) is 6.07 Å². The van der Waals surface area contributed by atoms with E-state index in [4.69, 9.17) is 5.73 Å². The van der Waals surface area contributed by atoms with Crippen LogP contribution in [0.15, 0.2) is 28.7 Å². The van der Waals surface area contributed by atoms with E-state index in [0.29, 0.717) is 12.1 Å². The van der Waals surface area contributed by atoms with E-state index in [1.165, 1.54) is 0 Å². The summed E-state index contributed by atoms with van der Waals surface area (Å²) in [7, 11) is 3.79. The summed E-state index contributed by atoms with van der Waals surface area (Å²) in [5.41, 5.74) is 6.45. The zero-order chi connectivity index (χ0) is 11.4. The zero-order valence-corrected chi connectivity index (χ0v) is 10.5. The minimum atomic E-state index is -0.473. The van der Waals surface area contributed by atoms with Gasteiger partial charge >= 0.3 is 0 Å². The van der Waals surface area contributed by atoms with E-state index < -0.39 is 6.04 Å². The maximum Gasteiger partial charge on any atom is 0.181 e. The van der Waals surface area contributed by atoms with Crippen LogP contribution in [0.3, 0.4) is 0 Å². The molecular weight excluding hydrogens is 256 g/mol. The summed E-state index contributed by atoms with van der Waals surface area (Å²) < 4.78 is 0.796. The number of halogens is 1. The molecule has 0 saturated carbocycles. The molecule has 0 spiro atoms. The van der Waals surface area contributed by atoms with Gasteiger partial charge in [-0.15, -0.1) is 0 Å². The van der Waals surface area contributed by atoms with Gasteiger partial charge in [0.2, 0.25) is 0 Å². The second-order valence-corrected chi connectivity index (χ2v) is 4.57. The van der Waals surface area contributed by atoms with Crippen molar-refractivity contribution in [3.8, 4) is 0 Å². The largest absolute Gasteiger partial charge is 0.320 e. The Labute approximate surface area is 98.4 Å². The van der Waals surface area contributed by atoms with Gasteiger partial charge < -0.3 is 10.6 Å². The molecule has 0 aromatic heterocycles. The summed E-state index contributed by atoms with van der Waals surface area (Å²) in [6.07, 6.45) is 0. The molecule has 3 nitrogen and oxygen atoms in total. The average molecular weight is 271 g/mol. The van der Waals surface area contributed by atoms with Gasteiger partial charge in [0.05, 0.1) is 6.04 Å². The molecule has 0 fully saturated rings. The van der Waals surface area contributed by atoms with Crippen molar-refractivity contribution in [3.63, 3.8) is 0 Å². The lowest BCUT2D eigenvalue weighted by atomic mass is 10.0. The molecule has 82 valence electrons. The molecule has 1 atom stereocenters. The molecule has 15 heavy (non-hydrogen) atoms. The lowest BCUT2D eigenvalue weighted by Gasteiger charge is -2.16. The van der Waals surface area contributed by atoms with Gasteiger partial charge in [-0.05, 0) is 20.2 Å². The Balaban J connectivity index is 2.81. The first-order valence-corrected chi connectivity index (χ1v) is 5.50. The lowest BCUT2D eigenvalue weighted by Crippen LogP contribution is -2.40. The minimum Gasteiger partial charge on any atom is -0.320 e. The molecule has 1 aromatic rings. The van der Waals surface area contributed by atoms with E-state index in [9.17, 15) is 4.79 Å². The molecule has 1 aromatic carbocycles. The summed E-state index contributed by atoms with van der Waals surface area (Å²) in [6.45, 7) is 0.556. The number of hydrogen-bond acceptors (Lipinski definition) is 3. The highest BCUT2D eigenvalue weighted by atomic mass is 79.9. The van der Waals surface area contributed by atoms with E-state index in [1.807, 2.05) is 37.2 Å². The number of nitrogens with zero attached hydrogens (tertiary/aromatic N) is 1. The molecule has 0 bridgehead atoms. The van der Waals surface area contributed by atoms with Crippen LogP contribution in [0.2, 0.25) is 0 Å². The number of nitrogens with two attached hydrogens (primary N) is 1. The van der Waals surface area contributed by atoms with Crippen molar-refractivity contribution in [2.75, 3.05) is 20.6 Å². The molecule has 0 amide bonds. The van der Waals surface area contributed by atoms with Gasteiger partial charge in [0.25, 0.3) is 0 Å². The van der Waals surface area contributed by atoms with E-state index in [-0.39, 0.29) is 5.78 Å². The Kier molecular flexibility index (Phi) is 4.45. The van der Waals surface area contributed by atoms with Crippen molar-refractivity contribution in [1.82, 2.24) is 4.90 Å². The van der Waals surface area contributed by atoms with Crippen LogP contribution in [0.4, 0.5) is 0 Å². The summed E-state index contributed by atoms with van der Waals surface area (Å²) in [6, 6.07) is 6.86. The minimum absolute atomic E-state index is 0.0313. The average Bonchev–Trinajstić information content (AvgIpc) is 2.16. The SMILES string of the molecule is CN(C)CC(N)C(=O)c1ccccc1Br. The summed E-state index contributed by atoms with van der Waals surface area (Å²) >= 11 is 3.34. The Hall–Kier alpha value is -0.710. The number of ketones is 1. The fraction of sp³-hybridized carbons (Fsp3) is 0.364. The van der Waals surface area contributed by atoms with Crippen molar-refractivity contribution in [2.24, 2.45) is 5.73 Å². The predicted molar refractivity (Wildman–Crippen MR) is 65.0 cm³/mol. The van der Waals surface area contributed by atoms with Crippen molar-refractivity contribution >= 4 is 21.7 Å². The van der Waals surface area contributed by atoms with Crippen molar-refractivity contribution < 1.29 is 4.79 Å². The monoisotopic (exact) mass is 270 g/mol. The van der Waals surface area contributed by atoms with Gasteiger partial charge in [0.1, 0.15) is 0 Å². The number of Topliss-reactive ketones (excluding diaryl/α,β-unsaturated/α-hetero) is 1. The first-order valence-electron chi connectivity index (χ1n) is 4.71. The molecule has 2 N–H and O–H groups in total. The molecule has 0 heterocycles. The zero-order valence-electron chi connectivity index (χ0n) is 8.90. The van der Waals surface area contributed by atoms with Crippen molar-refractivity contribution in [3.05, 3.63) is 34.3 Å². The molecule has 0 radical (unpaired) electrons. The number of likely N-dealkylation sites (N-methyl/N-ethyl adjacent to an activating group) is 1. The molecular formula is C11H15BrN2O. The third kappa shape index (κ3) is 3.41. The van der Waals surface area contributed by atoms with Gasteiger partial charge in [-0.3, -0.25) is 4.79 Å². The number of carbonyl (C=O) groups is 1. The lowest BCUT2D eigenvalue weighted by molar-refractivity contribution is 0.0946. The smallest absolute Gasteiger partial charge is 0.181 e. The van der Waals surface area contributed by atoms with Gasteiger partial charge in [-0.25, -0.2) is 0 Å². The molecule has 4 heteroatoms. The van der Waals surface area contributed by atoms with Crippen LogP contribution in [0.25, 0.3) is 0 Å². The fourth-order valence-electron chi connectivity index (χ4n) is 1.34. The third-order valence-corrected chi connectivity index (χ3v) is 2.73. The maximum absolute atomic E-state index is 11.9. The third-order valence-electron chi connectivity index (χ3n) is 2.04. The molecule has 0 saturated heterocycles. The molecule has 0 aliphatic rings. The van der Waals surface area contributed by atoms with E-state index >= 15 is 0 Å². The summed E-state index contributed by atoms with van der Waals surface area (Å²) in [4.78, 5) is 13.8. The molecule has 0 aliphatic heterocycles. The van der Waals surface area contributed by atoms with Gasteiger partial charge in [-0.2, -0.15) is 0 Å². The highest BCUT2D eigenvalue weighted by Crippen LogP contribution is 2.17. The van der Waals surface area contributed by atoms with Crippen LogP contribution in [-0.4, -0.2) is 37.4 Å². The van der Waals surface area contributed by atoms with E-state index in [2.05, 4.69) is 15.9 Å². The van der Waals surface area contributed by atoms with Crippen molar-refractivity contribution in [2.45, 2.75) is 6.04 Å². The number of carbonyl (C=O) groups excluding carboxylic acids is 1. The maximum atomic E-state index is 11.9. The fourth-order valence-corrected chi connectivity index (χ4v) is 1.82. The second-order valence-electron chi connectivity index (χ2n) is 3.71. The predicted octanol–water partition coefficient (Wildman–Crippen LogP) is 1.52. The first-order chi connectivity index (χ1) is 7.02. The number of rotatable bonds is 4. The Morgan fingerprint density at radius 2 is 2.07 bits per heavy atom. The van der Waals surface area contributed by atoms with Crippen molar-refractivity contribution in [1.29, 1.82) is 0 Å². The highest BCUT2D eigenvalue weighted by molar-refractivity contribution is 9.10. The molecule has 0 aliphatic carbocycles. The molecule has 1 rings (SSSR count).